The molecule has 2 amide bonds. The number of carbonyl (C=O) groups is 2. The van der Waals surface area contributed by atoms with Crippen LogP contribution in [-0.2, 0) is 4.79 Å². The maximum absolute atomic E-state index is 12.9. The molecule has 1 aromatic carbocycles. The number of nitro groups is 1. The highest BCUT2D eigenvalue weighted by Gasteiger charge is 2.24. The molecule has 1 aromatic heterocycles. The van der Waals surface area contributed by atoms with Gasteiger partial charge in [0.2, 0.25) is 0 Å². The number of aliphatic imine (C=N–C) groups is 2. The molecule has 2 aromatic rings. The highest BCUT2D eigenvalue weighted by Crippen LogP contribution is 2.31. The third-order valence-corrected chi connectivity index (χ3v) is 5.51. The van der Waals surface area contributed by atoms with Crippen molar-refractivity contribution >= 4 is 57.9 Å². The van der Waals surface area contributed by atoms with Crippen LogP contribution in [-0.4, -0.2) is 59.4 Å². The average molecular weight is 562 g/mol. The Morgan fingerprint density at radius 2 is 2.03 bits per heavy atom. The topological polar surface area (TPSA) is 131 Å². The van der Waals surface area contributed by atoms with E-state index in [9.17, 15) is 19.7 Å². The van der Waals surface area contributed by atoms with Gasteiger partial charge in [-0.2, -0.15) is 0 Å². The first-order chi connectivity index (χ1) is 15.7. The van der Waals surface area contributed by atoms with E-state index in [0.717, 1.165) is 0 Å². The van der Waals surface area contributed by atoms with E-state index in [-0.39, 0.29) is 28.5 Å². The number of amides is 2. The number of benzene rings is 1. The van der Waals surface area contributed by atoms with Crippen LogP contribution in [0, 0.1) is 10.1 Å². The molecule has 0 fully saturated rings. The van der Waals surface area contributed by atoms with Crippen LogP contribution < -0.4 is 9.64 Å². The van der Waals surface area contributed by atoms with Gasteiger partial charge in [0.05, 0.1) is 17.2 Å². The molecule has 3 rings (SSSR count). The number of pyridine rings is 1. The van der Waals surface area contributed by atoms with E-state index in [0.29, 0.717) is 15.9 Å². The molecule has 0 unspecified atom stereocenters. The van der Waals surface area contributed by atoms with Gasteiger partial charge in [-0.3, -0.25) is 24.9 Å². The van der Waals surface area contributed by atoms with Crippen molar-refractivity contribution < 1.29 is 19.2 Å². The number of anilines is 1. The van der Waals surface area contributed by atoms with Crippen LogP contribution in [0.15, 0.2) is 62.0 Å². The maximum atomic E-state index is 12.9. The van der Waals surface area contributed by atoms with Crippen LogP contribution in [0.1, 0.15) is 12.6 Å². The summed E-state index contributed by atoms with van der Waals surface area (Å²) in [4.78, 5) is 51.0. The quantitative estimate of drug-likeness (QED) is 0.179. The molecule has 33 heavy (non-hydrogen) atoms. The van der Waals surface area contributed by atoms with Crippen LogP contribution in [0.2, 0.25) is 0 Å². The number of nitro benzene ring substituents is 1. The Labute approximate surface area is 202 Å². The van der Waals surface area contributed by atoms with Gasteiger partial charge in [0.15, 0.2) is 11.4 Å². The first-order valence-corrected chi connectivity index (χ1v) is 10.7. The Morgan fingerprint density at radius 3 is 2.73 bits per heavy atom. The Bertz CT molecular complexity index is 1210. The minimum Gasteiger partial charge on any atom is -0.408 e. The standard InChI is InChI=1S/C21H19IN6O5/c1-13(17-16(8-5-9-23-17)33-21(30)26(2)3)25-20(29)18-19(22)27(11-10-24-18)14-6-4-7-15(12-14)28(31)32/h4-10,12H,11H2,1-3H3. The zero-order valence-corrected chi connectivity index (χ0v) is 20.1. The lowest BCUT2D eigenvalue weighted by Gasteiger charge is -2.25. The number of hydrogen-bond acceptors (Lipinski definition) is 8. The Morgan fingerprint density at radius 1 is 1.27 bits per heavy atom. The molecule has 0 aliphatic carbocycles. The van der Waals surface area contributed by atoms with Crippen molar-refractivity contribution in [1.82, 2.24) is 9.88 Å². The predicted molar refractivity (Wildman–Crippen MR) is 131 cm³/mol. The lowest BCUT2D eigenvalue weighted by molar-refractivity contribution is -0.384. The SMILES string of the molecule is CC(=NC(=O)C1=C(I)N(c2cccc([N+](=O)[O-])c2)CC=N1)c1ncccc1OC(=O)N(C)C. The normalized spacial score (nSPS) is 13.7. The largest absolute Gasteiger partial charge is 0.414 e. The summed E-state index contributed by atoms with van der Waals surface area (Å²) < 4.78 is 5.78. The molecular formula is C21H19IN6O5. The minimum atomic E-state index is -0.626. The van der Waals surface area contributed by atoms with Crippen molar-refractivity contribution in [3.63, 3.8) is 0 Å². The monoisotopic (exact) mass is 562 g/mol. The van der Waals surface area contributed by atoms with Crippen LogP contribution in [0.25, 0.3) is 0 Å². The number of rotatable bonds is 5. The fourth-order valence-electron chi connectivity index (χ4n) is 2.80. The number of nitrogens with zero attached hydrogens (tertiary/aromatic N) is 6. The number of carbonyl (C=O) groups excluding carboxylic acids is 2. The number of hydrogen-bond donors (Lipinski definition) is 0. The molecule has 0 saturated heterocycles. The second-order valence-corrected chi connectivity index (χ2v) is 7.98. The first-order valence-electron chi connectivity index (χ1n) is 9.57. The average Bonchev–Trinajstić information content (AvgIpc) is 2.79. The molecule has 0 radical (unpaired) electrons. The second-order valence-electron chi connectivity index (χ2n) is 6.95. The lowest BCUT2D eigenvalue weighted by Crippen LogP contribution is -2.27. The fourth-order valence-corrected chi connectivity index (χ4v) is 3.65. The van der Waals surface area contributed by atoms with Crippen LogP contribution in [0.4, 0.5) is 16.2 Å². The van der Waals surface area contributed by atoms with Crippen molar-refractivity contribution in [2.45, 2.75) is 6.92 Å². The van der Waals surface area contributed by atoms with Gasteiger partial charge in [-0.15, -0.1) is 0 Å². The summed E-state index contributed by atoms with van der Waals surface area (Å²) in [7, 11) is 3.09. The highest BCUT2D eigenvalue weighted by molar-refractivity contribution is 14.1. The predicted octanol–water partition coefficient (Wildman–Crippen LogP) is 3.58. The molecule has 0 N–H and O–H groups in total. The van der Waals surface area contributed by atoms with Crippen LogP contribution in [0.5, 0.6) is 5.75 Å². The van der Waals surface area contributed by atoms with Crippen LogP contribution >= 0.6 is 22.6 Å². The summed E-state index contributed by atoms with van der Waals surface area (Å²) in [6.45, 7) is 1.91. The van der Waals surface area contributed by atoms with Crippen molar-refractivity contribution in [3.05, 3.63) is 67.8 Å². The van der Waals surface area contributed by atoms with Crippen molar-refractivity contribution in [2.24, 2.45) is 9.98 Å². The molecular weight excluding hydrogens is 543 g/mol. The van der Waals surface area contributed by atoms with Gasteiger partial charge in [-0.1, -0.05) is 6.07 Å². The van der Waals surface area contributed by atoms with Crippen LogP contribution in [0.3, 0.4) is 0 Å². The summed E-state index contributed by atoms with van der Waals surface area (Å²) in [6, 6.07) is 9.26. The zero-order valence-electron chi connectivity index (χ0n) is 17.9. The minimum absolute atomic E-state index is 0.0593. The highest BCUT2D eigenvalue weighted by atomic mass is 127. The van der Waals surface area contributed by atoms with E-state index in [4.69, 9.17) is 4.74 Å². The summed E-state index contributed by atoms with van der Waals surface area (Å²) in [6.07, 6.45) is 2.44. The molecule has 11 nitrogen and oxygen atoms in total. The Kier molecular flexibility index (Phi) is 7.48. The van der Waals surface area contributed by atoms with E-state index in [2.05, 4.69) is 15.0 Å². The van der Waals surface area contributed by atoms with Gasteiger partial charge >= 0.3 is 6.09 Å². The fraction of sp³-hybridized carbons (Fsp3) is 0.190. The Hall–Kier alpha value is -3.68. The molecule has 1 aliphatic heterocycles. The summed E-state index contributed by atoms with van der Waals surface area (Å²) in [5.74, 6) is -0.460. The lowest BCUT2D eigenvalue weighted by atomic mass is 10.2. The van der Waals surface area contributed by atoms with Crippen molar-refractivity contribution in [1.29, 1.82) is 0 Å². The number of non-ortho nitro benzene ring substituents is 1. The van der Waals surface area contributed by atoms with Crippen molar-refractivity contribution in [2.75, 3.05) is 25.5 Å². The summed E-state index contributed by atoms with van der Waals surface area (Å²) >= 11 is 1.96. The van der Waals surface area contributed by atoms with Gasteiger partial charge < -0.3 is 14.5 Å². The summed E-state index contributed by atoms with van der Waals surface area (Å²) in [5, 5.41) is 11.1. The first kappa shape index (κ1) is 24.0. The smallest absolute Gasteiger partial charge is 0.408 e. The van der Waals surface area contributed by atoms with E-state index in [1.807, 2.05) is 22.6 Å². The Balaban J connectivity index is 1.91. The molecule has 0 saturated carbocycles. The molecule has 12 heteroatoms. The zero-order chi connectivity index (χ0) is 24.1. The van der Waals surface area contributed by atoms with Crippen molar-refractivity contribution in [3.8, 4) is 5.75 Å². The molecule has 0 bridgehead atoms. The molecule has 1 aliphatic rings. The number of halogens is 1. The van der Waals surface area contributed by atoms with Gasteiger partial charge in [0, 0.05) is 44.3 Å². The van der Waals surface area contributed by atoms with E-state index >= 15 is 0 Å². The number of ether oxygens (including phenoxy) is 1. The third kappa shape index (κ3) is 5.58. The van der Waals surface area contributed by atoms with Gasteiger partial charge in [0.1, 0.15) is 9.40 Å². The molecule has 0 spiro atoms. The molecule has 2 heterocycles. The van der Waals surface area contributed by atoms with Gasteiger partial charge in [-0.25, -0.2) is 9.79 Å². The molecule has 0 atom stereocenters. The number of aromatic nitrogens is 1. The van der Waals surface area contributed by atoms with E-state index in [1.165, 1.54) is 29.4 Å². The third-order valence-electron chi connectivity index (χ3n) is 4.42. The van der Waals surface area contributed by atoms with Gasteiger partial charge in [-0.05, 0) is 47.7 Å². The molecule has 170 valence electrons. The second kappa shape index (κ2) is 10.3. The van der Waals surface area contributed by atoms with E-state index < -0.39 is 16.9 Å². The summed E-state index contributed by atoms with van der Waals surface area (Å²) in [5.41, 5.74) is 1.05. The van der Waals surface area contributed by atoms with E-state index in [1.54, 1.807) is 50.2 Å². The van der Waals surface area contributed by atoms with Gasteiger partial charge in [0.25, 0.3) is 11.6 Å². The maximum Gasteiger partial charge on any atom is 0.414 e.